The number of furan rings is 1. The Kier molecular flexibility index (Phi) is 2.92. The Morgan fingerprint density at radius 1 is 1.21 bits per heavy atom. The van der Waals surface area contributed by atoms with Crippen molar-refractivity contribution in [1.29, 1.82) is 0 Å². The summed E-state index contributed by atoms with van der Waals surface area (Å²) in [5, 5.41) is 0.858. The first-order valence-corrected chi connectivity index (χ1v) is 6.54. The van der Waals surface area contributed by atoms with E-state index in [0.717, 1.165) is 21.0 Å². The van der Waals surface area contributed by atoms with Gasteiger partial charge in [-0.3, -0.25) is 0 Å². The predicted molar refractivity (Wildman–Crippen MR) is 76.8 cm³/mol. The highest BCUT2D eigenvalue weighted by molar-refractivity contribution is 7.21. The molecule has 19 heavy (non-hydrogen) atoms. The van der Waals surface area contributed by atoms with E-state index in [-0.39, 0.29) is 5.96 Å². The minimum absolute atomic E-state index is 0.0536. The van der Waals surface area contributed by atoms with Crippen LogP contribution in [0.4, 0.5) is 0 Å². The van der Waals surface area contributed by atoms with Crippen LogP contribution in [0.1, 0.15) is 5.76 Å². The highest BCUT2D eigenvalue weighted by Gasteiger charge is 2.10. The third-order valence-corrected chi connectivity index (χ3v) is 3.63. The Hall–Kier alpha value is -2.34. The third kappa shape index (κ3) is 2.43. The minimum Gasteiger partial charge on any atom is -0.457 e. The zero-order valence-corrected chi connectivity index (χ0v) is 10.9. The molecule has 0 bridgehead atoms. The van der Waals surface area contributed by atoms with E-state index >= 15 is 0 Å². The van der Waals surface area contributed by atoms with Gasteiger partial charge in [0.05, 0.1) is 10.2 Å². The number of guanidine groups is 1. The topological polar surface area (TPSA) is 90.4 Å². The van der Waals surface area contributed by atoms with E-state index in [1.165, 1.54) is 0 Å². The summed E-state index contributed by atoms with van der Waals surface area (Å²) in [6, 6.07) is 11.7. The third-order valence-electron chi connectivity index (χ3n) is 2.58. The molecular weight excluding hydrogens is 260 g/mol. The van der Waals surface area contributed by atoms with Crippen molar-refractivity contribution in [2.75, 3.05) is 0 Å². The lowest BCUT2D eigenvalue weighted by Crippen LogP contribution is -2.22. The number of hydrogen-bond donors (Lipinski definition) is 2. The molecule has 0 aliphatic rings. The molecule has 0 amide bonds. The number of fused-ring (bicyclic) bond motifs is 1. The maximum atomic E-state index is 5.68. The van der Waals surface area contributed by atoms with Gasteiger partial charge in [-0.2, -0.15) is 0 Å². The summed E-state index contributed by atoms with van der Waals surface area (Å²) in [5.41, 5.74) is 11.5. The Morgan fingerprint density at radius 3 is 2.84 bits per heavy atom. The molecule has 0 atom stereocenters. The van der Waals surface area contributed by atoms with Crippen molar-refractivity contribution in [3.8, 4) is 10.8 Å². The number of rotatable bonds is 3. The summed E-state index contributed by atoms with van der Waals surface area (Å²) in [5.74, 6) is 1.50. The number of nitrogens with two attached hydrogens (primary N) is 2. The standard InChI is InChI=1S/C13H12N4OS/c14-13(15)16-7-8-5-6-10(18-8)12-17-9-3-1-2-4-11(9)19-12/h1-6H,7H2,(H4,14,15,16). The second-order valence-corrected chi connectivity index (χ2v) is 5.02. The van der Waals surface area contributed by atoms with Crippen LogP contribution in [0.5, 0.6) is 0 Å². The summed E-state index contributed by atoms with van der Waals surface area (Å²) in [4.78, 5) is 8.44. The van der Waals surface area contributed by atoms with E-state index in [1.807, 2.05) is 36.4 Å². The summed E-state index contributed by atoms with van der Waals surface area (Å²) in [6.45, 7) is 0.341. The number of benzene rings is 1. The van der Waals surface area contributed by atoms with Crippen LogP contribution in [0, 0.1) is 0 Å². The average Bonchev–Trinajstić information content (AvgIpc) is 3.02. The molecule has 3 rings (SSSR count). The molecule has 0 unspecified atom stereocenters. The van der Waals surface area contributed by atoms with Crippen LogP contribution in [0.2, 0.25) is 0 Å². The minimum atomic E-state index is 0.0536. The van der Waals surface area contributed by atoms with Gasteiger partial charge in [-0.25, -0.2) is 9.98 Å². The second-order valence-electron chi connectivity index (χ2n) is 3.99. The van der Waals surface area contributed by atoms with Crippen LogP contribution in [0.15, 0.2) is 45.8 Å². The Labute approximate surface area is 113 Å². The van der Waals surface area contributed by atoms with Crippen molar-refractivity contribution in [3.63, 3.8) is 0 Å². The van der Waals surface area contributed by atoms with E-state index in [0.29, 0.717) is 12.3 Å². The molecule has 96 valence electrons. The molecule has 2 heterocycles. The molecule has 0 spiro atoms. The normalized spacial score (nSPS) is 10.7. The lowest BCUT2D eigenvalue weighted by Gasteiger charge is -1.92. The number of nitrogens with zero attached hydrogens (tertiary/aromatic N) is 2. The van der Waals surface area contributed by atoms with E-state index in [4.69, 9.17) is 15.9 Å². The van der Waals surface area contributed by atoms with Gasteiger partial charge in [-0.15, -0.1) is 11.3 Å². The monoisotopic (exact) mass is 272 g/mol. The van der Waals surface area contributed by atoms with Gasteiger partial charge in [0.15, 0.2) is 16.7 Å². The first-order valence-electron chi connectivity index (χ1n) is 5.72. The van der Waals surface area contributed by atoms with Gasteiger partial charge in [0.2, 0.25) is 0 Å². The molecule has 0 saturated carbocycles. The first-order chi connectivity index (χ1) is 9.22. The van der Waals surface area contributed by atoms with E-state index in [1.54, 1.807) is 11.3 Å². The zero-order chi connectivity index (χ0) is 13.2. The highest BCUT2D eigenvalue weighted by atomic mass is 32.1. The molecule has 0 fully saturated rings. The molecule has 6 heteroatoms. The van der Waals surface area contributed by atoms with Crippen LogP contribution in [0.3, 0.4) is 0 Å². The zero-order valence-electron chi connectivity index (χ0n) is 10.0. The molecule has 5 nitrogen and oxygen atoms in total. The van der Waals surface area contributed by atoms with Gasteiger partial charge >= 0.3 is 0 Å². The van der Waals surface area contributed by atoms with Gasteiger partial charge in [0, 0.05) is 0 Å². The number of hydrogen-bond acceptors (Lipinski definition) is 4. The maximum absolute atomic E-state index is 5.68. The molecular formula is C13H12N4OS. The Bertz CT molecular complexity index is 707. The van der Waals surface area contributed by atoms with Crippen molar-refractivity contribution in [1.82, 2.24) is 4.98 Å². The molecule has 0 aliphatic carbocycles. The molecule has 0 saturated heterocycles. The first kappa shape index (κ1) is 11.7. The van der Waals surface area contributed by atoms with Crippen LogP contribution >= 0.6 is 11.3 Å². The lowest BCUT2D eigenvalue weighted by atomic mass is 10.3. The van der Waals surface area contributed by atoms with E-state index in [2.05, 4.69) is 9.98 Å². The quantitative estimate of drug-likeness (QED) is 0.565. The molecule has 0 aliphatic heterocycles. The van der Waals surface area contributed by atoms with Crippen LogP contribution < -0.4 is 11.5 Å². The van der Waals surface area contributed by atoms with Crippen LogP contribution in [-0.2, 0) is 6.54 Å². The lowest BCUT2D eigenvalue weighted by molar-refractivity contribution is 0.525. The number of thiazole rings is 1. The predicted octanol–water partition coefficient (Wildman–Crippen LogP) is 2.33. The number of aliphatic imine (C=N–C) groups is 1. The van der Waals surface area contributed by atoms with Crippen molar-refractivity contribution in [3.05, 3.63) is 42.2 Å². The van der Waals surface area contributed by atoms with Gasteiger partial charge in [0.25, 0.3) is 0 Å². The highest BCUT2D eigenvalue weighted by Crippen LogP contribution is 2.31. The summed E-state index contributed by atoms with van der Waals surface area (Å²) < 4.78 is 6.82. The molecule has 2 aromatic heterocycles. The van der Waals surface area contributed by atoms with Crippen molar-refractivity contribution in [2.24, 2.45) is 16.5 Å². The number of para-hydroxylation sites is 1. The van der Waals surface area contributed by atoms with Crippen molar-refractivity contribution < 1.29 is 4.42 Å². The summed E-state index contributed by atoms with van der Waals surface area (Å²) in [7, 11) is 0. The van der Waals surface area contributed by atoms with Crippen molar-refractivity contribution >= 4 is 27.5 Å². The SMILES string of the molecule is NC(N)=NCc1ccc(-c2nc3ccccc3s2)o1. The summed E-state index contributed by atoms with van der Waals surface area (Å²) in [6.07, 6.45) is 0. The molecule has 3 aromatic rings. The number of aromatic nitrogens is 1. The van der Waals surface area contributed by atoms with Crippen molar-refractivity contribution in [2.45, 2.75) is 6.54 Å². The largest absolute Gasteiger partial charge is 0.457 e. The van der Waals surface area contributed by atoms with Crippen LogP contribution in [-0.4, -0.2) is 10.9 Å². The summed E-state index contributed by atoms with van der Waals surface area (Å²) >= 11 is 1.60. The molecule has 1 aromatic carbocycles. The Morgan fingerprint density at radius 2 is 2.05 bits per heavy atom. The maximum Gasteiger partial charge on any atom is 0.186 e. The fourth-order valence-corrected chi connectivity index (χ4v) is 2.65. The van der Waals surface area contributed by atoms with Gasteiger partial charge in [-0.05, 0) is 24.3 Å². The van der Waals surface area contributed by atoms with Gasteiger partial charge in [-0.1, -0.05) is 12.1 Å². The van der Waals surface area contributed by atoms with Gasteiger partial charge in [0.1, 0.15) is 12.3 Å². The average molecular weight is 272 g/mol. The second kappa shape index (κ2) is 4.74. The molecule has 0 radical (unpaired) electrons. The Balaban J connectivity index is 1.91. The van der Waals surface area contributed by atoms with E-state index in [9.17, 15) is 0 Å². The van der Waals surface area contributed by atoms with Crippen LogP contribution in [0.25, 0.3) is 21.0 Å². The smallest absolute Gasteiger partial charge is 0.186 e. The van der Waals surface area contributed by atoms with Gasteiger partial charge < -0.3 is 15.9 Å². The fraction of sp³-hybridized carbons (Fsp3) is 0.0769. The fourth-order valence-electron chi connectivity index (χ4n) is 1.72. The molecule has 4 N–H and O–H groups in total. The van der Waals surface area contributed by atoms with E-state index < -0.39 is 0 Å².